The Morgan fingerprint density at radius 1 is 1.29 bits per heavy atom. The third-order valence-corrected chi connectivity index (χ3v) is 2.57. The van der Waals surface area contributed by atoms with Crippen molar-refractivity contribution in [2.75, 3.05) is 13.7 Å². The van der Waals surface area contributed by atoms with Crippen molar-refractivity contribution in [3.05, 3.63) is 0 Å². The van der Waals surface area contributed by atoms with Gasteiger partial charge in [0.1, 0.15) is 18.3 Å². The maximum absolute atomic E-state index is 5.70. The molecule has 0 radical (unpaired) electrons. The first kappa shape index (κ1) is 10.3. The lowest BCUT2D eigenvalue weighted by Crippen LogP contribution is -2.34. The molecular formula is C9H17NO4. The van der Waals surface area contributed by atoms with Crippen LogP contribution < -0.4 is 5.73 Å². The molecule has 0 bridgehead atoms. The van der Waals surface area contributed by atoms with Gasteiger partial charge in [-0.15, -0.1) is 0 Å². The summed E-state index contributed by atoms with van der Waals surface area (Å²) in [6.07, 6.45) is -0.773. The number of nitrogens with two attached hydrogens (primary N) is 1. The lowest BCUT2D eigenvalue weighted by molar-refractivity contribution is -0.225. The number of ether oxygens (including phenoxy) is 4. The van der Waals surface area contributed by atoms with E-state index < -0.39 is 5.79 Å². The summed E-state index contributed by atoms with van der Waals surface area (Å²) >= 11 is 0. The molecule has 4 atom stereocenters. The van der Waals surface area contributed by atoms with Gasteiger partial charge in [-0.3, -0.25) is 0 Å². The van der Waals surface area contributed by atoms with Crippen molar-refractivity contribution in [3.63, 3.8) is 0 Å². The van der Waals surface area contributed by atoms with Gasteiger partial charge in [-0.2, -0.15) is 0 Å². The summed E-state index contributed by atoms with van der Waals surface area (Å²) in [4.78, 5) is 0. The molecule has 0 aromatic rings. The standard InChI is InChI=1S/C9H17NO4/c1-9(2)13-6-5(4-10)12-8(11-3)7(6)14-9/h5-8H,4,10H2,1-3H3/t5-,6?,7?,8-/m1/s1. The van der Waals surface area contributed by atoms with E-state index in [1.807, 2.05) is 13.8 Å². The predicted molar refractivity (Wildman–Crippen MR) is 48.5 cm³/mol. The molecule has 2 heterocycles. The number of hydrogen-bond acceptors (Lipinski definition) is 5. The van der Waals surface area contributed by atoms with Gasteiger partial charge in [0.2, 0.25) is 0 Å². The van der Waals surface area contributed by atoms with Gasteiger partial charge in [0.05, 0.1) is 0 Å². The molecular weight excluding hydrogens is 186 g/mol. The molecule has 5 nitrogen and oxygen atoms in total. The Morgan fingerprint density at radius 3 is 2.50 bits per heavy atom. The van der Waals surface area contributed by atoms with E-state index in [2.05, 4.69) is 0 Å². The number of hydrogen-bond donors (Lipinski definition) is 1. The maximum atomic E-state index is 5.70. The summed E-state index contributed by atoms with van der Waals surface area (Å²) in [6, 6.07) is 0. The topological polar surface area (TPSA) is 62.9 Å². The zero-order valence-corrected chi connectivity index (χ0v) is 8.73. The van der Waals surface area contributed by atoms with Crippen molar-refractivity contribution in [1.29, 1.82) is 0 Å². The molecule has 0 aromatic heterocycles. The average molecular weight is 203 g/mol. The fourth-order valence-corrected chi connectivity index (χ4v) is 2.02. The van der Waals surface area contributed by atoms with Gasteiger partial charge < -0.3 is 24.7 Å². The number of fused-ring (bicyclic) bond motifs is 1. The highest BCUT2D eigenvalue weighted by molar-refractivity contribution is 4.95. The van der Waals surface area contributed by atoms with Crippen molar-refractivity contribution in [2.24, 2.45) is 5.73 Å². The highest BCUT2D eigenvalue weighted by Crippen LogP contribution is 2.38. The molecule has 2 saturated heterocycles. The summed E-state index contributed by atoms with van der Waals surface area (Å²) in [5.41, 5.74) is 5.58. The largest absolute Gasteiger partial charge is 0.353 e. The third-order valence-electron chi connectivity index (χ3n) is 2.57. The first-order valence-corrected chi connectivity index (χ1v) is 4.81. The molecule has 2 rings (SSSR count). The van der Waals surface area contributed by atoms with Crippen LogP contribution in [0.5, 0.6) is 0 Å². The van der Waals surface area contributed by atoms with Crippen LogP contribution in [0.1, 0.15) is 13.8 Å². The second-order valence-corrected chi connectivity index (χ2v) is 4.08. The summed E-state index contributed by atoms with van der Waals surface area (Å²) < 4.78 is 22.1. The van der Waals surface area contributed by atoms with E-state index in [1.54, 1.807) is 7.11 Å². The summed E-state index contributed by atoms with van der Waals surface area (Å²) in [7, 11) is 1.59. The van der Waals surface area contributed by atoms with Crippen molar-refractivity contribution in [1.82, 2.24) is 0 Å². The van der Waals surface area contributed by atoms with Crippen LogP contribution in [-0.2, 0) is 18.9 Å². The SMILES string of the molecule is CO[C@@H]1O[C@H](CN)C2OC(C)(C)OC21. The Morgan fingerprint density at radius 2 is 1.93 bits per heavy atom. The van der Waals surface area contributed by atoms with Crippen LogP contribution >= 0.6 is 0 Å². The minimum atomic E-state index is -0.566. The zero-order chi connectivity index (χ0) is 10.3. The lowest BCUT2D eigenvalue weighted by Gasteiger charge is -2.22. The van der Waals surface area contributed by atoms with E-state index in [9.17, 15) is 0 Å². The van der Waals surface area contributed by atoms with Gasteiger partial charge in [0.15, 0.2) is 12.1 Å². The minimum Gasteiger partial charge on any atom is -0.353 e. The number of methoxy groups -OCH3 is 1. The highest BCUT2D eigenvalue weighted by Gasteiger charge is 2.54. The minimum absolute atomic E-state index is 0.111. The van der Waals surface area contributed by atoms with Crippen LogP contribution in [0.2, 0.25) is 0 Å². The molecule has 2 aliphatic heterocycles. The van der Waals surface area contributed by atoms with Crippen molar-refractivity contribution < 1.29 is 18.9 Å². The Kier molecular flexibility index (Phi) is 2.53. The van der Waals surface area contributed by atoms with Crippen molar-refractivity contribution in [3.8, 4) is 0 Å². The van der Waals surface area contributed by atoms with Crippen LogP contribution in [0.25, 0.3) is 0 Å². The first-order valence-electron chi connectivity index (χ1n) is 4.81. The van der Waals surface area contributed by atoms with Crippen LogP contribution in [-0.4, -0.2) is 44.0 Å². The van der Waals surface area contributed by atoms with E-state index >= 15 is 0 Å². The van der Waals surface area contributed by atoms with Gasteiger partial charge in [0, 0.05) is 13.7 Å². The second kappa shape index (κ2) is 3.43. The highest BCUT2D eigenvalue weighted by atomic mass is 16.8. The molecule has 2 unspecified atom stereocenters. The zero-order valence-electron chi connectivity index (χ0n) is 8.73. The Balaban J connectivity index is 2.12. The smallest absolute Gasteiger partial charge is 0.186 e. The van der Waals surface area contributed by atoms with E-state index in [0.717, 1.165) is 0 Å². The molecule has 0 spiro atoms. The van der Waals surface area contributed by atoms with Gasteiger partial charge in [-0.05, 0) is 13.8 Å². The molecule has 0 amide bonds. The van der Waals surface area contributed by atoms with Crippen LogP contribution in [0, 0.1) is 0 Å². The fraction of sp³-hybridized carbons (Fsp3) is 1.00. The van der Waals surface area contributed by atoms with Crippen molar-refractivity contribution in [2.45, 2.75) is 44.2 Å². The van der Waals surface area contributed by atoms with E-state index in [0.29, 0.717) is 6.54 Å². The fourth-order valence-electron chi connectivity index (χ4n) is 2.02. The van der Waals surface area contributed by atoms with E-state index in [-0.39, 0.29) is 24.6 Å². The lowest BCUT2D eigenvalue weighted by atomic mass is 10.1. The van der Waals surface area contributed by atoms with Gasteiger partial charge in [-0.1, -0.05) is 0 Å². The molecule has 2 aliphatic rings. The van der Waals surface area contributed by atoms with Crippen LogP contribution in [0.15, 0.2) is 0 Å². The molecule has 2 fully saturated rings. The Labute approximate surface area is 83.4 Å². The molecule has 0 saturated carbocycles. The Hall–Kier alpha value is -0.200. The molecule has 0 aliphatic carbocycles. The quantitative estimate of drug-likeness (QED) is 0.675. The van der Waals surface area contributed by atoms with E-state index in [1.165, 1.54) is 0 Å². The average Bonchev–Trinajstić information content (AvgIpc) is 2.57. The maximum Gasteiger partial charge on any atom is 0.186 e. The first-order chi connectivity index (χ1) is 6.57. The summed E-state index contributed by atoms with van der Waals surface area (Å²) in [6.45, 7) is 4.18. The molecule has 82 valence electrons. The number of rotatable bonds is 2. The summed E-state index contributed by atoms with van der Waals surface area (Å²) in [5, 5.41) is 0. The monoisotopic (exact) mass is 203 g/mol. The van der Waals surface area contributed by atoms with E-state index in [4.69, 9.17) is 24.7 Å². The van der Waals surface area contributed by atoms with Crippen LogP contribution in [0.3, 0.4) is 0 Å². The van der Waals surface area contributed by atoms with Crippen molar-refractivity contribution >= 4 is 0 Å². The molecule has 2 N–H and O–H groups in total. The van der Waals surface area contributed by atoms with Gasteiger partial charge >= 0.3 is 0 Å². The molecule has 5 heteroatoms. The van der Waals surface area contributed by atoms with Gasteiger partial charge in [0.25, 0.3) is 0 Å². The third kappa shape index (κ3) is 1.55. The molecule has 0 aromatic carbocycles. The van der Waals surface area contributed by atoms with Gasteiger partial charge in [-0.25, -0.2) is 0 Å². The van der Waals surface area contributed by atoms with Crippen LogP contribution in [0.4, 0.5) is 0 Å². The summed E-state index contributed by atoms with van der Waals surface area (Å²) in [5.74, 6) is -0.566. The Bertz CT molecular complexity index is 201. The molecule has 14 heavy (non-hydrogen) atoms. The normalized spacial score (nSPS) is 45.4. The second-order valence-electron chi connectivity index (χ2n) is 4.08. The predicted octanol–water partition coefficient (Wildman–Crippen LogP) is -0.163.